The third kappa shape index (κ3) is 3.34. The summed E-state index contributed by atoms with van der Waals surface area (Å²) in [7, 11) is -3.13. The van der Waals surface area contributed by atoms with E-state index in [1.807, 2.05) is 10.8 Å². The third-order valence-electron chi connectivity index (χ3n) is 4.47. The first kappa shape index (κ1) is 15.9. The molecule has 6 nitrogen and oxygen atoms in total. The van der Waals surface area contributed by atoms with Gasteiger partial charge in [0, 0.05) is 36.5 Å². The fraction of sp³-hybridized carbons (Fsp3) is 0.643. The molecule has 2 fully saturated rings. The van der Waals surface area contributed by atoms with E-state index in [4.69, 9.17) is 4.74 Å². The minimum Gasteiger partial charge on any atom is -0.376 e. The number of carbonyl (C=O) groups is 1. The number of nitrogens with zero attached hydrogens (tertiary/aromatic N) is 1. The molecule has 1 aromatic rings. The fourth-order valence-corrected chi connectivity index (χ4v) is 4.79. The number of ether oxygens (including phenoxy) is 1. The SMILES string of the molecule is CS(=O)(=O)N1CC[C@@H]2[C@@H](CO[C@H]2CNC(=O)c2ccsc2)C1. The second-order valence-corrected chi connectivity index (χ2v) is 8.69. The van der Waals surface area contributed by atoms with Crippen molar-refractivity contribution in [3.63, 3.8) is 0 Å². The molecule has 0 saturated carbocycles. The predicted molar refractivity (Wildman–Crippen MR) is 84.4 cm³/mol. The number of piperidine rings is 1. The highest BCUT2D eigenvalue weighted by atomic mass is 32.2. The van der Waals surface area contributed by atoms with E-state index in [1.165, 1.54) is 21.9 Å². The molecule has 8 heteroatoms. The minimum atomic E-state index is -3.13. The maximum Gasteiger partial charge on any atom is 0.252 e. The van der Waals surface area contributed by atoms with Crippen LogP contribution < -0.4 is 5.32 Å². The van der Waals surface area contributed by atoms with Crippen molar-refractivity contribution in [1.82, 2.24) is 9.62 Å². The quantitative estimate of drug-likeness (QED) is 0.876. The molecule has 0 bridgehead atoms. The number of sulfonamides is 1. The zero-order valence-electron chi connectivity index (χ0n) is 12.4. The standard InChI is InChI=1S/C14H20N2O4S2/c1-22(18,19)16-4-2-12-11(7-16)8-20-13(12)6-15-14(17)10-3-5-21-9-10/h3,5,9,11-13H,2,4,6-8H2,1H3,(H,15,17)/t11-,12-,13+/m1/s1. The van der Waals surface area contributed by atoms with Gasteiger partial charge in [0.05, 0.1) is 19.0 Å². The molecule has 3 rings (SSSR count). The van der Waals surface area contributed by atoms with E-state index in [9.17, 15) is 13.2 Å². The van der Waals surface area contributed by atoms with Crippen molar-refractivity contribution in [2.24, 2.45) is 11.8 Å². The maximum atomic E-state index is 12.0. The summed E-state index contributed by atoms with van der Waals surface area (Å²) in [5, 5.41) is 6.60. The summed E-state index contributed by atoms with van der Waals surface area (Å²) in [6.07, 6.45) is 2.02. The number of fused-ring (bicyclic) bond motifs is 1. The molecule has 0 aliphatic carbocycles. The first-order chi connectivity index (χ1) is 10.4. The van der Waals surface area contributed by atoms with Gasteiger partial charge in [-0.2, -0.15) is 11.3 Å². The van der Waals surface area contributed by atoms with Gasteiger partial charge in [-0.25, -0.2) is 12.7 Å². The Labute approximate surface area is 134 Å². The number of hydrogen-bond acceptors (Lipinski definition) is 5. The second kappa shape index (κ2) is 6.27. The molecule has 22 heavy (non-hydrogen) atoms. The summed E-state index contributed by atoms with van der Waals surface area (Å²) in [5.41, 5.74) is 0.673. The zero-order chi connectivity index (χ0) is 15.7. The molecule has 1 N–H and O–H groups in total. The van der Waals surface area contributed by atoms with E-state index in [2.05, 4.69) is 5.32 Å². The fourth-order valence-electron chi connectivity index (χ4n) is 3.25. The monoisotopic (exact) mass is 344 g/mol. The van der Waals surface area contributed by atoms with E-state index in [-0.39, 0.29) is 17.9 Å². The van der Waals surface area contributed by atoms with Gasteiger partial charge >= 0.3 is 0 Å². The molecule has 3 atom stereocenters. The molecule has 2 saturated heterocycles. The van der Waals surface area contributed by atoms with Crippen molar-refractivity contribution in [1.29, 1.82) is 0 Å². The molecule has 0 aromatic carbocycles. The van der Waals surface area contributed by atoms with Crippen LogP contribution in [0.25, 0.3) is 0 Å². The maximum absolute atomic E-state index is 12.0. The number of thiophene rings is 1. The predicted octanol–water partition coefficient (Wildman–Crippen LogP) is 0.774. The Hall–Kier alpha value is -0.960. The van der Waals surface area contributed by atoms with Gasteiger partial charge in [0.1, 0.15) is 0 Å². The molecule has 0 radical (unpaired) electrons. The van der Waals surface area contributed by atoms with E-state index in [0.717, 1.165) is 6.42 Å². The van der Waals surface area contributed by atoms with E-state index in [1.54, 1.807) is 6.07 Å². The van der Waals surface area contributed by atoms with Crippen molar-refractivity contribution >= 4 is 27.3 Å². The zero-order valence-corrected chi connectivity index (χ0v) is 14.0. The highest BCUT2D eigenvalue weighted by Gasteiger charge is 2.42. The molecule has 0 unspecified atom stereocenters. The molecule has 2 aliphatic heterocycles. The van der Waals surface area contributed by atoms with E-state index in [0.29, 0.717) is 37.7 Å². The Morgan fingerprint density at radius 2 is 2.36 bits per heavy atom. The third-order valence-corrected chi connectivity index (χ3v) is 6.43. The lowest BCUT2D eigenvalue weighted by Crippen LogP contribution is -2.45. The molecule has 2 aliphatic rings. The number of rotatable bonds is 4. The van der Waals surface area contributed by atoms with Crippen LogP contribution in [0.15, 0.2) is 16.8 Å². The lowest BCUT2D eigenvalue weighted by Gasteiger charge is -2.34. The largest absolute Gasteiger partial charge is 0.376 e. The van der Waals surface area contributed by atoms with E-state index >= 15 is 0 Å². The molecule has 1 aromatic heterocycles. The molecule has 122 valence electrons. The van der Waals surface area contributed by atoms with Crippen LogP contribution in [0.1, 0.15) is 16.8 Å². The van der Waals surface area contributed by atoms with Crippen molar-refractivity contribution in [2.75, 3.05) is 32.5 Å². The smallest absolute Gasteiger partial charge is 0.252 e. The highest BCUT2D eigenvalue weighted by molar-refractivity contribution is 7.88. The number of carbonyl (C=O) groups excluding carboxylic acids is 1. The van der Waals surface area contributed by atoms with Gasteiger partial charge in [0.25, 0.3) is 5.91 Å². The molecular weight excluding hydrogens is 324 g/mol. The summed E-state index contributed by atoms with van der Waals surface area (Å²) < 4.78 is 30.6. The van der Waals surface area contributed by atoms with Crippen LogP contribution in [-0.2, 0) is 14.8 Å². The Kier molecular flexibility index (Phi) is 4.54. The minimum absolute atomic E-state index is 0.0192. The number of amides is 1. The van der Waals surface area contributed by atoms with Crippen molar-refractivity contribution in [3.05, 3.63) is 22.4 Å². The molecule has 1 amide bonds. The van der Waals surface area contributed by atoms with Crippen LogP contribution >= 0.6 is 11.3 Å². The van der Waals surface area contributed by atoms with Crippen LogP contribution in [-0.4, -0.2) is 57.2 Å². The summed E-state index contributed by atoms with van der Waals surface area (Å²) in [4.78, 5) is 12.0. The summed E-state index contributed by atoms with van der Waals surface area (Å²) >= 11 is 1.49. The Balaban J connectivity index is 1.54. The average Bonchev–Trinajstić information content (AvgIpc) is 3.13. The van der Waals surface area contributed by atoms with Crippen molar-refractivity contribution in [2.45, 2.75) is 12.5 Å². The molecular formula is C14H20N2O4S2. The second-order valence-electron chi connectivity index (χ2n) is 5.93. The Bertz CT molecular complexity index is 629. The highest BCUT2D eigenvalue weighted by Crippen LogP contribution is 2.34. The Morgan fingerprint density at radius 1 is 1.55 bits per heavy atom. The normalized spacial score (nSPS) is 29.2. The first-order valence-electron chi connectivity index (χ1n) is 7.32. The van der Waals surface area contributed by atoms with Gasteiger partial charge < -0.3 is 10.1 Å². The van der Waals surface area contributed by atoms with Gasteiger partial charge in [-0.3, -0.25) is 4.79 Å². The van der Waals surface area contributed by atoms with Gasteiger partial charge in [0.2, 0.25) is 10.0 Å². The van der Waals surface area contributed by atoms with Crippen LogP contribution in [0.5, 0.6) is 0 Å². The van der Waals surface area contributed by atoms with Gasteiger partial charge in [-0.15, -0.1) is 0 Å². The van der Waals surface area contributed by atoms with Gasteiger partial charge in [-0.1, -0.05) is 0 Å². The van der Waals surface area contributed by atoms with Gasteiger partial charge in [0.15, 0.2) is 0 Å². The summed E-state index contributed by atoms with van der Waals surface area (Å²) in [6, 6.07) is 1.79. The topological polar surface area (TPSA) is 75.7 Å². The van der Waals surface area contributed by atoms with Crippen LogP contribution in [0, 0.1) is 11.8 Å². The summed E-state index contributed by atoms with van der Waals surface area (Å²) in [6.45, 7) is 2.11. The summed E-state index contributed by atoms with van der Waals surface area (Å²) in [5.74, 6) is 0.467. The molecule has 0 spiro atoms. The van der Waals surface area contributed by atoms with Gasteiger partial charge in [-0.05, 0) is 23.8 Å². The lowest BCUT2D eigenvalue weighted by molar-refractivity contribution is 0.0762. The number of hydrogen-bond donors (Lipinski definition) is 1. The van der Waals surface area contributed by atoms with Crippen LogP contribution in [0.3, 0.4) is 0 Å². The van der Waals surface area contributed by atoms with E-state index < -0.39 is 10.0 Å². The van der Waals surface area contributed by atoms with Crippen LogP contribution in [0.4, 0.5) is 0 Å². The van der Waals surface area contributed by atoms with Crippen LogP contribution in [0.2, 0.25) is 0 Å². The number of nitrogens with one attached hydrogen (secondary N) is 1. The average molecular weight is 344 g/mol. The Morgan fingerprint density at radius 3 is 3.05 bits per heavy atom. The molecule has 3 heterocycles. The van der Waals surface area contributed by atoms with Crippen molar-refractivity contribution < 1.29 is 17.9 Å². The first-order valence-corrected chi connectivity index (χ1v) is 10.1. The van der Waals surface area contributed by atoms with Crippen molar-refractivity contribution in [3.8, 4) is 0 Å². The lowest BCUT2D eigenvalue weighted by atomic mass is 9.85.